The van der Waals surface area contributed by atoms with E-state index in [1.54, 1.807) is 4.90 Å². The van der Waals surface area contributed by atoms with Gasteiger partial charge in [0.25, 0.3) is 0 Å². The van der Waals surface area contributed by atoms with E-state index in [4.69, 9.17) is 0 Å². The first-order chi connectivity index (χ1) is 10.5. The summed E-state index contributed by atoms with van der Waals surface area (Å²) in [5.41, 5.74) is 0. The van der Waals surface area contributed by atoms with Crippen molar-refractivity contribution < 1.29 is 14.7 Å². The highest BCUT2D eigenvalue weighted by molar-refractivity contribution is 5.78. The molecule has 2 atom stereocenters. The fourth-order valence-corrected chi connectivity index (χ4v) is 3.31. The van der Waals surface area contributed by atoms with E-state index < -0.39 is 11.9 Å². The van der Waals surface area contributed by atoms with Crippen LogP contribution in [0.4, 0.5) is 0 Å². The van der Waals surface area contributed by atoms with Crippen molar-refractivity contribution in [1.29, 1.82) is 0 Å². The zero-order valence-electron chi connectivity index (χ0n) is 14.4. The third-order valence-corrected chi connectivity index (χ3v) is 4.31. The van der Waals surface area contributed by atoms with Gasteiger partial charge in [0, 0.05) is 19.5 Å². The van der Waals surface area contributed by atoms with Gasteiger partial charge >= 0.3 is 5.97 Å². The summed E-state index contributed by atoms with van der Waals surface area (Å²) in [6.07, 6.45) is 4.35. The highest BCUT2D eigenvalue weighted by Gasteiger charge is 2.31. The molecule has 1 saturated heterocycles. The highest BCUT2D eigenvalue weighted by Crippen LogP contribution is 2.22. The maximum absolute atomic E-state index is 12.3. The summed E-state index contributed by atoms with van der Waals surface area (Å²) in [6, 6.07) is 0. The summed E-state index contributed by atoms with van der Waals surface area (Å²) < 4.78 is 0. The molecule has 0 radical (unpaired) electrons. The van der Waals surface area contributed by atoms with Gasteiger partial charge in [0.1, 0.15) is 0 Å². The summed E-state index contributed by atoms with van der Waals surface area (Å²) in [5, 5.41) is 9.18. The van der Waals surface area contributed by atoms with Crippen LogP contribution in [0.2, 0.25) is 0 Å². The number of carbonyl (C=O) groups is 2. The predicted octanol–water partition coefficient (Wildman–Crippen LogP) is 2.46. The maximum atomic E-state index is 12.3. The Hall–Kier alpha value is -1.10. The lowest BCUT2D eigenvalue weighted by Crippen LogP contribution is -2.45. The van der Waals surface area contributed by atoms with Gasteiger partial charge in [-0.25, -0.2) is 0 Å². The number of carboxylic acid groups (broad SMARTS) is 1. The molecule has 128 valence electrons. The standard InChI is InChI=1S/C17H32N2O3/c1-4-8-18(9-5-2)10-6-7-16(20)19-12-14(3)11-15(13-19)17(21)22/h14-15H,4-13H2,1-3H3,(H,21,22). The molecule has 22 heavy (non-hydrogen) atoms. The molecule has 0 aromatic rings. The Kier molecular flexibility index (Phi) is 8.46. The van der Waals surface area contributed by atoms with E-state index in [-0.39, 0.29) is 11.8 Å². The minimum atomic E-state index is -0.776. The number of likely N-dealkylation sites (tertiary alicyclic amines) is 1. The summed E-state index contributed by atoms with van der Waals surface area (Å²) >= 11 is 0. The Balaban J connectivity index is 2.39. The Labute approximate surface area is 134 Å². The van der Waals surface area contributed by atoms with E-state index in [0.29, 0.717) is 25.9 Å². The van der Waals surface area contributed by atoms with Gasteiger partial charge < -0.3 is 14.9 Å². The molecule has 1 aliphatic heterocycles. The molecule has 5 heteroatoms. The Bertz CT molecular complexity index is 354. The molecule has 0 aromatic carbocycles. The van der Waals surface area contributed by atoms with Crippen LogP contribution in [-0.4, -0.2) is 59.5 Å². The summed E-state index contributed by atoms with van der Waals surface area (Å²) in [4.78, 5) is 27.7. The molecule has 1 rings (SSSR count). The number of hydrogen-bond donors (Lipinski definition) is 1. The van der Waals surface area contributed by atoms with Crippen molar-refractivity contribution in [3.8, 4) is 0 Å². The number of nitrogens with zero attached hydrogens (tertiary/aromatic N) is 2. The largest absolute Gasteiger partial charge is 0.481 e. The molecule has 0 aromatic heterocycles. The minimum absolute atomic E-state index is 0.116. The molecule has 0 saturated carbocycles. The van der Waals surface area contributed by atoms with Crippen LogP contribution in [0.3, 0.4) is 0 Å². The smallest absolute Gasteiger partial charge is 0.308 e. The third kappa shape index (κ3) is 6.34. The van der Waals surface area contributed by atoms with Crippen molar-refractivity contribution in [2.75, 3.05) is 32.7 Å². The van der Waals surface area contributed by atoms with E-state index in [1.807, 2.05) is 6.92 Å². The second-order valence-corrected chi connectivity index (χ2v) is 6.62. The van der Waals surface area contributed by atoms with Crippen LogP contribution in [0.5, 0.6) is 0 Å². The van der Waals surface area contributed by atoms with Crippen molar-refractivity contribution in [2.45, 2.75) is 52.9 Å². The Morgan fingerprint density at radius 3 is 2.32 bits per heavy atom. The molecule has 1 aliphatic rings. The van der Waals surface area contributed by atoms with Crippen LogP contribution >= 0.6 is 0 Å². The van der Waals surface area contributed by atoms with Crippen molar-refractivity contribution in [2.24, 2.45) is 11.8 Å². The first-order valence-electron chi connectivity index (χ1n) is 8.70. The van der Waals surface area contributed by atoms with Crippen LogP contribution in [0, 0.1) is 11.8 Å². The SMILES string of the molecule is CCCN(CCC)CCCC(=O)N1CC(C)CC(C(=O)O)C1. The molecular formula is C17H32N2O3. The number of carbonyl (C=O) groups excluding carboxylic acids is 1. The molecule has 1 fully saturated rings. The first-order valence-corrected chi connectivity index (χ1v) is 8.70. The number of amides is 1. The van der Waals surface area contributed by atoms with Crippen LogP contribution in [0.1, 0.15) is 52.9 Å². The van der Waals surface area contributed by atoms with Gasteiger partial charge in [-0.05, 0) is 51.2 Å². The molecule has 1 heterocycles. The fraction of sp³-hybridized carbons (Fsp3) is 0.882. The van der Waals surface area contributed by atoms with E-state index >= 15 is 0 Å². The van der Waals surface area contributed by atoms with Crippen molar-refractivity contribution >= 4 is 11.9 Å². The third-order valence-electron chi connectivity index (χ3n) is 4.31. The average molecular weight is 312 g/mol. The van der Waals surface area contributed by atoms with Crippen molar-refractivity contribution in [3.05, 3.63) is 0 Å². The second-order valence-electron chi connectivity index (χ2n) is 6.62. The van der Waals surface area contributed by atoms with Gasteiger partial charge in [0.15, 0.2) is 0 Å². The zero-order chi connectivity index (χ0) is 16.5. The first kappa shape index (κ1) is 18.9. The van der Waals surface area contributed by atoms with E-state index in [2.05, 4.69) is 18.7 Å². The van der Waals surface area contributed by atoms with Crippen LogP contribution in [0.25, 0.3) is 0 Å². The van der Waals surface area contributed by atoms with Crippen molar-refractivity contribution in [1.82, 2.24) is 9.80 Å². The topological polar surface area (TPSA) is 60.9 Å². The molecule has 0 spiro atoms. The van der Waals surface area contributed by atoms with Gasteiger partial charge in [-0.1, -0.05) is 20.8 Å². The van der Waals surface area contributed by atoms with Gasteiger partial charge in [-0.15, -0.1) is 0 Å². The average Bonchev–Trinajstić information content (AvgIpc) is 2.46. The summed E-state index contributed by atoms with van der Waals surface area (Å²) in [5.74, 6) is -0.785. The quantitative estimate of drug-likeness (QED) is 0.710. The van der Waals surface area contributed by atoms with Gasteiger partial charge in [-0.3, -0.25) is 9.59 Å². The predicted molar refractivity (Wildman–Crippen MR) is 87.7 cm³/mol. The van der Waals surface area contributed by atoms with Crippen LogP contribution in [0.15, 0.2) is 0 Å². The van der Waals surface area contributed by atoms with Crippen LogP contribution < -0.4 is 0 Å². The van der Waals surface area contributed by atoms with Crippen molar-refractivity contribution in [3.63, 3.8) is 0 Å². The number of hydrogen-bond acceptors (Lipinski definition) is 3. The molecule has 2 unspecified atom stereocenters. The molecule has 0 aliphatic carbocycles. The lowest BCUT2D eigenvalue weighted by Gasteiger charge is -2.35. The second kappa shape index (κ2) is 9.82. The number of carboxylic acids is 1. The van der Waals surface area contributed by atoms with E-state index in [9.17, 15) is 14.7 Å². The molecule has 1 amide bonds. The van der Waals surface area contributed by atoms with Gasteiger partial charge in [0.05, 0.1) is 5.92 Å². The summed E-state index contributed by atoms with van der Waals surface area (Å²) in [7, 11) is 0. The van der Waals surface area contributed by atoms with Gasteiger partial charge in [0.2, 0.25) is 5.91 Å². The minimum Gasteiger partial charge on any atom is -0.481 e. The van der Waals surface area contributed by atoms with Crippen LogP contribution in [-0.2, 0) is 9.59 Å². The molecule has 5 nitrogen and oxygen atoms in total. The van der Waals surface area contributed by atoms with E-state index in [1.165, 1.54) is 0 Å². The number of rotatable bonds is 9. The molecule has 0 bridgehead atoms. The van der Waals surface area contributed by atoms with Gasteiger partial charge in [-0.2, -0.15) is 0 Å². The number of piperidine rings is 1. The summed E-state index contributed by atoms with van der Waals surface area (Å²) in [6.45, 7) is 10.6. The molecular weight excluding hydrogens is 280 g/mol. The number of aliphatic carboxylic acids is 1. The highest BCUT2D eigenvalue weighted by atomic mass is 16.4. The monoisotopic (exact) mass is 312 g/mol. The Morgan fingerprint density at radius 2 is 1.77 bits per heavy atom. The Morgan fingerprint density at radius 1 is 1.14 bits per heavy atom. The normalized spacial score (nSPS) is 22.1. The lowest BCUT2D eigenvalue weighted by molar-refractivity contribution is -0.146. The zero-order valence-corrected chi connectivity index (χ0v) is 14.4. The lowest BCUT2D eigenvalue weighted by atomic mass is 9.90. The maximum Gasteiger partial charge on any atom is 0.308 e. The van der Waals surface area contributed by atoms with E-state index in [0.717, 1.165) is 38.9 Å². The molecule has 1 N–H and O–H groups in total. The fourth-order valence-electron chi connectivity index (χ4n) is 3.31.